The normalized spacial score (nSPS) is 11.3. The van der Waals surface area contributed by atoms with Crippen molar-refractivity contribution >= 4 is 15.7 Å². The van der Waals surface area contributed by atoms with E-state index in [1.165, 1.54) is 5.56 Å². The lowest BCUT2D eigenvalue weighted by Crippen LogP contribution is -2.13. The van der Waals surface area contributed by atoms with Crippen LogP contribution in [0.5, 0.6) is 5.75 Å². The van der Waals surface area contributed by atoms with E-state index in [1.54, 1.807) is 37.4 Å². The molecule has 124 valence electrons. The van der Waals surface area contributed by atoms with Crippen LogP contribution in [-0.4, -0.2) is 15.5 Å². The number of sulfonamides is 1. The van der Waals surface area contributed by atoms with Crippen molar-refractivity contribution in [3.8, 4) is 5.75 Å². The minimum atomic E-state index is -3.60. The topological polar surface area (TPSA) is 55.4 Å². The number of anilines is 1. The van der Waals surface area contributed by atoms with E-state index in [0.29, 0.717) is 11.4 Å². The molecule has 0 aliphatic heterocycles. The number of hydrogen-bond donors (Lipinski definition) is 1. The number of unbranched alkanes of at least 4 members (excludes halogenated alkanes) is 1. The third-order valence-electron chi connectivity index (χ3n) is 3.70. The fourth-order valence-corrected chi connectivity index (χ4v) is 3.50. The molecular weight excluding hydrogens is 310 g/mol. The molecule has 5 heteroatoms. The van der Waals surface area contributed by atoms with Gasteiger partial charge in [-0.1, -0.05) is 25.5 Å². The SMILES string of the molecule is CCCCc1ccc(NS(=O)(=O)c2ccc(OC)c(C)c2)cc1. The molecule has 0 aromatic heterocycles. The average Bonchev–Trinajstić information content (AvgIpc) is 2.54. The van der Waals surface area contributed by atoms with Crippen LogP contribution >= 0.6 is 0 Å². The first-order valence-corrected chi connectivity index (χ1v) is 9.21. The van der Waals surface area contributed by atoms with Crippen LogP contribution in [0.2, 0.25) is 0 Å². The van der Waals surface area contributed by atoms with E-state index in [1.807, 2.05) is 19.1 Å². The van der Waals surface area contributed by atoms with Crippen molar-refractivity contribution in [2.45, 2.75) is 38.0 Å². The molecule has 0 atom stereocenters. The summed E-state index contributed by atoms with van der Waals surface area (Å²) in [6.07, 6.45) is 3.29. The Labute approximate surface area is 138 Å². The van der Waals surface area contributed by atoms with E-state index in [-0.39, 0.29) is 4.90 Å². The third-order valence-corrected chi connectivity index (χ3v) is 5.08. The zero-order chi connectivity index (χ0) is 16.9. The second-order valence-electron chi connectivity index (χ2n) is 5.54. The quantitative estimate of drug-likeness (QED) is 0.828. The Morgan fingerprint density at radius 3 is 2.35 bits per heavy atom. The van der Waals surface area contributed by atoms with Gasteiger partial charge in [0.05, 0.1) is 12.0 Å². The predicted molar refractivity (Wildman–Crippen MR) is 93.6 cm³/mol. The molecule has 0 bridgehead atoms. The van der Waals surface area contributed by atoms with Gasteiger partial charge in [0.1, 0.15) is 5.75 Å². The first-order chi connectivity index (χ1) is 11.0. The van der Waals surface area contributed by atoms with Crippen LogP contribution in [0, 0.1) is 6.92 Å². The summed E-state index contributed by atoms with van der Waals surface area (Å²) in [7, 11) is -2.03. The highest BCUT2D eigenvalue weighted by Crippen LogP contribution is 2.23. The summed E-state index contributed by atoms with van der Waals surface area (Å²) < 4.78 is 32.7. The largest absolute Gasteiger partial charge is 0.496 e. The minimum absolute atomic E-state index is 0.228. The van der Waals surface area contributed by atoms with Crippen molar-refractivity contribution < 1.29 is 13.2 Å². The van der Waals surface area contributed by atoms with Gasteiger partial charge in [-0.05, 0) is 61.2 Å². The van der Waals surface area contributed by atoms with Crippen LogP contribution in [0.25, 0.3) is 0 Å². The predicted octanol–water partition coefficient (Wildman–Crippen LogP) is 4.15. The second kappa shape index (κ2) is 7.51. The van der Waals surface area contributed by atoms with Crippen LogP contribution in [0.3, 0.4) is 0 Å². The highest BCUT2D eigenvalue weighted by Gasteiger charge is 2.15. The van der Waals surface area contributed by atoms with E-state index >= 15 is 0 Å². The number of methoxy groups -OCH3 is 1. The van der Waals surface area contributed by atoms with Gasteiger partial charge in [-0.15, -0.1) is 0 Å². The molecule has 0 aliphatic carbocycles. The summed E-state index contributed by atoms with van der Waals surface area (Å²) in [4.78, 5) is 0.228. The molecule has 0 radical (unpaired) electrons. The summed E-state index contributed by atoms with van der Waals surface area (Å²) >= 11 is 0. The van der Waals surface area contributed by atoms with Crippen LogP contribution in [0.1, 0.15) is 30.9 Å². The molecule has 0 fully saturated rings. The van der Waals surface area contributed by atoms with Gasteiger partial charge in [-0.25, -0.2) is 8.42 Å². The molecule has 0 saturated heterocycles. The summed E-state index contributed by atoms with van der Waals surface area (Å²) in [5.41, 5.74) is 2.57. The van der Waals surface area contributed by atoms with Crippen LogP contribution < -0.4 is 9.46 Å². The zero-order valence-electron chi connectivity index (χ0n) is 13.8. The fraction of sp³-hybridized carbons (Fsp3) is 0.333. The first-order valence-electron chi connectivity index (χ1n) is 7.72. The standard InChI is InChI=1S/C18H23NO3S/c1-4-5-6-15-7-9-16(10-8-15)19-23(20,21)17-11-12-18(22-3)14(2)13-17/h7-13,19H,4-6H2,1-3H3. The van der Waals surface area contributed by atoms with Crippen molar-refractivity contribution in [2.24, 2.45) is 0 Å². The molecule has 1 N–H and O–H groups in total. The third kappa shape index (κ3) is 4.48. The number of nitrogens with one attached hydrogen (secondary N) is 1. The van der Waals surface area contributed by atoms with E-state index < -0.39 is 10.0 Å². The monoisotopic (exact) mass is 333 g/mol. The lowest BCUT2D eigenvalue weighted by Gasteiger charge is -2.11. The molecule has 0 spiro atoms. The molecule has 4 nitrogen and oxygen atoms in total. The van der Waals surface area contributed by atoms with E-state index in [0.717, 1.165) is 24.8 Å². The molecule has 2 rings (SSSR count). The van der Waals surface area contributed by atoms with Gasteiger partial charge in [0.25, 0.3) is 10.0 Å². The molecule has 0 amide bonds. The second-order valence-corrected chi connectivity index (χ2v) is 7.22. The Kier molecular flexibility index (Phi) is 5.66. The minimum Gasteiger partial charge on any atom is -0.496 e. The van der Waals surface area contributed by atoms with E-state index in [9.17, 15) is 8.42 Å². The maximum absolute atomic E-state index is 12.5. The van der Waals surface area contributed by atoms with Crippen molar-refractivity contribution in [3.05, 3.63) is 53.6 Å². The van der Waals surface area contributed by atoms with Crippen LogP contribution in [-0.2, 0) is 16.4 Å². The van der Waals surface area contributed by atoms with Crippen LogP contribution in [0.4, 0.5) is 5.69 Å². The van der Waals surface area contributed by atoms with Gasteiger partial charge < -0.3 is 4.74 Å². The lowest BCUT2D eigenvalue weighted by atomic mass is 10.1. The Morgan fingerprint density at radius 1 is 1.09 bits per heavy atom. The molecule has 23 heavy (non-hydrogen) atoms. The van der Waals surface area contributed by atoms with Crippen molar-refractivity contribution in [1.29, 1.82) is 0 Å². The Hall–Kier alpha value is -2.01. The number of aryl methyl sites for hydroxylation is 2. The van der Waals surface area contributed by atoms with Crippen LogP contribution in [0.15, 0.2) is 47.4 Å². The Balaban J connectivity index is 2.16. The zero-order valence-corrected chi connectivity index (χ0v) is 14.6. The summed E-state index contributed by atoms with van der Waals surface area (Å²) in [5.74, 6) is 0.671. The fourth-order valence-electron chi connectivity index (χ4n) is 2.35. The number of ether oxygens (including phenoxy) is 1. The van der Waals surface area contributed by atoms with Gasteiger partial charge in [0.15, 0.2) is 0 Å². The van der Waals surface area contributed by atoms with Gasteiger partial charge in [0, 0.05) is 5.69 Å². The maximum atomic E-state index is 12.5. The highest BCUT2D eigenvalue weighted by atomic mass is 32.2. The molecule has 0 unspecified atom stereocenters. The molecule has 2 aromatic rings. The lowest BCUT2D eigenvalue weighted by molar-refractivity contribution is 0.411. The Bertz CT molecular complexity index is 752. The Morgan fingerprint density at radius 2 is 1.78 bits per heavy atom. The number of rotatable bonds is 7. The van der Waals surface area contributed by atoms with Gasteiger partial charge >= 0.3 is 0 Å². The summed E-state index contributed by atoms with van der Waals surface area (Å²) in [5, 5.41) is 0. The summed E-state index contributed by atoms with van der Waals surface area (Å²) in [6.45, 7) is 3.97. The molecular formula is C18H23NO3S. The number of benzene rings is 2. The highest BCUT2D eigenvalue weighted by molar-refractivity contribution is 7.92. The molecule has 0 saturated carbocycles. The summed E-state index contributed by atoms with van der Waals surface area (Å²) in [6, 6.07) is 12.4. The van der Waals surface area contributed by atoms with E-state index in [2.05, 4.69) is 11.6 Å². The number of hydrogen-bond acceptors (Lipinski definition) is 3. The van der Waals surface area contributed by atoms with Crippen molar-refractivity contribution in [1.82, 2.24) is 0 Å². The average molecular weight is 333 g/mol. The van der Waals surface area contributed by atoms with Gasteiger partial charge in [0.2, 0.25) is 0 Å². The first kappa shape index (κ1) is 17.3. The maximum Gasteiger partial charge on any atom is 0.261 e. The van der Waals surface area contributed by atoms with E-state index in [4.69, 9.17) is 4.74 Å². The smallest absolute Gasteiger partial charge is 0.261 e. The van der Waals surface area contributed by atoms with Crippen molar-refractivity contribution in [3.63, 3.8) is 0 Å². The van der Waals surface area contributed by atoms with Gasteiger partial charge in [-0.3, -0.25) is 4.72 Å². The molecule has 0 heterocycles. The molecule has 0 aliphatic rings. The molecule has 2 aromatic carbocycles. The van der Waals surface area contributed by atoms with Crippen molar-refractivity contribution in [2.75, 3.05) is 11.8 Å². The van der Waals surface area contributed by atoms with Gasteiger partial charge in [-0.2, -0.15) is 0 Å².